The molecule has 1 aromatic heterocycles. The normalized spacial score (nSPS) is 12.0. The zero-order valence-electron chi connectivity index (χ0n) is 15.9. The third-order valence-corrected chi connectivity index (χ3v) is 5.74. The number of anilines is 1. The molecule has 0 aliphatic rings. The number of nitrogens with one attached hydrogen (secondary N) is 2. The summed E-state index contributed by atoms with van der Waals surface area (Å²) in [6, 6.07) is 18.4. The van der Waals surface area contributed by atoms with E-state index in [4.69, 9.17) is 23.2 Å². The Labute approximate surface area is 184 Å². The molecule has 8 heteroatoms. The molecular weight excluding hydrogens is 441 g/mol. The maximum absolute atomic E-state index is 11.7. The first-order valence-corrected chi connectivity index (χ1v) is 11.6. The number of nitrogens with zero attached hydrogens (tertiary/aromatic N) is 1. The summed E-state index contributed by atoms with van der Waals surface area (Å²) in [6.07, 6.45) is 4.89. The van der Waals surface area contributed by atoms with E-state index >= 15 is 0 Å². The zero-order valence-corrected chi connectivity index (χ0v) is 18.2. The number of hydrogen-bond acceptors (Lipinski definition) is 3. The smallest absolute Gasteiger partial charge is 0.229 e. The molecule has 0 fully saturated rings. The largest absolute Gasteiger partial charge is 0.338 e. The van der Waals surface area contributed by atoms with Crippen molar-refractivity contribution in [2.75, 3.05) is 11.0 Å². The maximum Gasteiger partial charge on any atom is 0.229 e. The molecule has 0 amide bonds. The summed E-state index contributed by atoms with van der Waals surface area (Å²) < 4.78 is 25.9. The summed E-state index contributed by atoms with van der Waals surface area (Å²) in [5.41, 5.74) is 4.74. The van der Waals surface area contributed by atoms with Crippen LogP contribution in [0.3, 0.4) is 0 Å². The predicted octanol–water partition coefficient (Wildman–Crippen LogP) is 6.08. The van der Waals surface area contributed by atoms with Gasteiger partial charge in [0.2, 0.25) is 10.0 Å². The average Bonchev–Trinajstić information content (AvgIpc) is 3.10. The Morgan fingerprint density at radius 3 is 2.53 bits per heavy atom. The van der Waals surface area contributed by atoms with Crippen molar-refractivity contribution < 1.29 is 8.42 Å². The SMILES string of the molecule is CS(=O)(=O)Nc1ccccc1-c1ccc2nc(/C=C/c3ccc(Cl)c(Cl)c3)[nH]c2c1. The van der Waals surface area contributed by atoms with E-state index in [0.717, 1.165) is 34.0 Å². The van der Waals surface area contributed by atoms with Gasteiger partial charge in [-0.25, -0.2) is 13.4 Å². The van der Waals surface area contributed by atoms with Gasteiger partial charge in [0.15, 0.2) is 0 Å². The van der Waals surface area contributed by atoms with Gasteiger partial charge in [0.05, 0.1) is 33.0 Å². The van der Waals surface area contributed by atoms with Gasteiger partial charge >= 0.3 is 0 Å². The third kappa shape index (κ3) is 4.67. The monoisotopic (exact) mass is 457 g/mol. The fourth-order valence-electron chi connectivity index (χ4n) is 3.09. The van der Waals surface area contributed by atoms with Crippen LogP contribution in [0.15, 0.2) is 60.7 Å². The Bertz CT molecular complexity index is 1380. The molecule has 3 aromatic carbocycles. The minimum absolute atomic E-state index is 0.495. The molecule has 0 aliphatic heterocycles. The molecule has 0 saturated heterocycles. The Balaban J connectivity index is 1.67. The Morgan fingerprint density at radius 1 is 0.967 bits per heavy atom. The molecule has 1 heterocycles. The summed E-state index contributed by atoms with van der Waals surface area (Å²) in [7, 11) is -3.38. The van der Waals surface area contributed by atoms with Crippen LogP contribution in [-0.4, -0.2) is 24.6 Å². The highest BCUT2D eigenvalue weighted by molar-refractivity contribution is 7.92. The van der Waals surface area contributed by atoms with Gasteiger partial charge in [-0.15, -0.1) is 0 Å². The number of hydrogen-bond donors (Lipinski definition) is 2. The Morgan fingerprint density at radius 2 is 1.77 bits per heavy atom. The highest BCUT2D eigenvalue weighted by Gasteiger charge is 2.10. The lowest BCUT2D eigenvalue weighted by atomic mass is 10.0. The van der Waals surface area contributed by atoms with Crippen LogP contribution in [0.25, 0.3) is 34.3 Å². The first-order chi connectivity index (χ1) is 14.3. The van der Waals surface area contributed by atoms with Gasteiger partial charge in [-0.1, -0.05) is 59.6 Å². The van der Waals surface area contributed by atoms with E-state index in [9.17, 15) is 8.42 Å². The summed E-state index contributed by atoms with van der Waals surface area (Å²) in [4.78, 5) is 7.85. The van der Waals surface area contributed by atoms with Crippen LogP contribution in [0.1, 0.15) is 11.4 Å². The van der Waals surface area contributed by atoms with Crippen molar-refractivity contribution in [3.05, 3.63) is 82.1 Å². The van der Waals surface area contributed by atoms with Crippen molar-refractivity contribution in [3.63, 3.8) is 0 Å². The first-order valence-electron chi connectivity index (χ1n) is 8.98. The highest BCUT2D eigenvalue weighted by Crippen LogP contribution is 2.30. The molecule has 0 radical (unpaired) electrons. The second kappa shape index (κ2) is 8.14. The molecule has 2 N–H and O–H groups in total. The van der Waals surface area contributed by atoms with Crippen LogP contribution in [0, 0.1) is 0 Å². The molecule has 30 heavy (non-hydrogen) atoms. The second-order valence-corrected chi connectivity index (χ2v) is 9.34. The Hall–Kier alpha value is -2.80. The average molecular weight is 458 g/mol. The topological polar surface area (TPSA) is 74.8 Å². The van der Waals surface area contributed by atoms with Crippen molar-refractivity contribution in [3.8, 4) is 11.1 Å². The number of para-hydroxylation sites is 1. The molecule has 0 unspecified atom stereocenters. The summed E-state index contributed by atoms with van der Waals surface area (Å²) in [6.45, 7) is 0. The van der Waals surface area contributed by atoms with E-state index in [2.05, 4.69) is 14.7 Å². The molecule has 4 rings (SSSR count). The number of halogens is 2. The molecule has 0 aliphatic carbocycles. The number of imidazole rings is 1. The van der Waals surface area contributed by atoms with E-state index in [1.54, 1.807) is 24.3 Å². The first kappa shape index (κ1) is 20.5. The van der Waals surface area contributed by atoms with Crippen molar-refractivity contribution >= 4 is 62.1 Å². The van der Waals surface area contributed by atoms with E-state index < -0.39 is 10.0 Å². The third-order valence-electron chi connectivity index (χ3n) is 4.41. The minimum Gasteiger partial charge on any atom is -0.338 e. The van der Waals surface area contributed by atoms with Crippen molar-refractivity contribution in [2.24, 2.45) is 0 Å². The molecule has 152 valence electrons. The van der Waals surface area contributed by atoms with E-state index in [-0.39, 0.29) is 0 Å². The quantitative estimate of drug-likeness (QED) is 0.381. The van der Waals surface area contributed by atoms with Crippen LogP contribution in [-0.2, 0) is 10.0 Å². The lowest BCUT2D eigenvalue weighted by Crippen LogP contribution is -2.10. The predicted molar refractivity (Wildman–Crippen MR) is 125 cm³/mol. The van der Waals surface area contributed by atoms with Crippen LogP contribution in [0.4, 0.5) is 5.69 Å². The minimum atomic E-state index is -3.38. The van der Waals surface area contributed by atoms with E-state index in [1.165, 1.54) is 0 Å². The molecule has 0 spiro atoms. The van der Waals surface area contributed by atoms with Gasteiger partial charge in [-0.3, -0.25) is 4.72 Å². The Kier molecular flexibility index (Phi) is 5.56. The van der Waals surface area contributed by atoms with Crippen molar-refractivity contribution in [2.45, 2.75) is 0 Å². The summed E-state index contributed by atoms with van der Waals surface area (Å²) in [5.74, 6) is 0.691. The summed E-state index contributed by atoms with van der Waals surface area (Å²) >= 11 is 12.0. The van der Waals surface area contributed by atoms with Gasteiger partial charge in [0.1, 0.15) is 5.82 Å². The van der Waals surface area contributed by atoms with Gasteiger partial charge in [-0.05, 0) is 47.5 Å². The summed E-state index contributed by atoms with van der Waals surface area (Å²) in [5, 5.41) is 1.00. The lowest BCUT2D eigenvalue weighted by Gasteiger charge is -2.10. The zero-order chi connectivity index (χ0) is 21.3. The fraction of sp³-hybridized carbons (Fsp3) is 0.0455. The number of sulfonamides is 1. The lowest BCUT2D eigenvalue weighted by molar-refractivity contribution is 0.607. The molecule has 0 atom stereocenters. The molecule has 0 saturated carbocycles. The van der Waals surface area contributed by atoms with Gasteiger partial charge in [-0.2, -0.15) is 0 Å². The molecular formula is C22H17Cl2N3O2S. The van der Waals surface area contributed by atoms with E-state index in [1.807, 2.05) is 48.6 Å². The number of aromatic amines is 1. The van der Waals surface area contributed by atoms with Crippen LogP contribution < -0.4 is 4.72 Å². The standard InChI is InChI=1S/C22H17Cl2N3O2S/c1-30(28,29)27-19-5-3-2-4-16(19)15-8-10-20-21(13-15)26-22(25-20)11-7-14-6-9-17(23)18(24)12-14/h2-13,27H,1H3,(H,25,26)/b11-7+. The second-order valence-electron chi connectivity index (χ2n) is 6.78. The molecule has 5 nitrogen and oxygen atoms in total. The number of aromatic nitrogens is 2. The fourth-order valence-corrected chi connectivity index (χ4v) is 3.97. The van der Waals surface area contributed by atoms with Gasteiger partial charge in [0.25, 0.3) is 0 Å². The number of H-pyrrole nitrogens is 1. The van der Waals surface area contributed by atoms with Crippen LogP contribution >= 0.6 is 23.2 Å². The molecule has 4 aromatic rings. The number of fused-ring (bicyclic) bond motifs is 1. The highest BCUT2D eigenvalue weighted by atomic mass is 35.5. The molecule has 0 bridgehead atoms. The van der Waals surface area contributed by atoms with Crippen molar-refractivity contribution in [1.29, 1.82) is 0 Å². The van der Waals surface area contributed by atoms with Crippen LogP contribution in [0.2, 0.25) is 10.0 Å². The van der Waals surface area contributed by atoms with Gasteiger partial charge < -0.3 is 4.98 Å². The van der Waals surface area contributed by atoms with Crippen molar-refractivity contribution in [1.82, 2.24) is 9.97 Å². The number of rotatable bonds is 5. The van der Waals surface area contributed by atoms with Crippen LogP contribution in [0.5, 0.6) is 0 Å². The maximum atomic E-state index is 11.7. The number of benzene rings is 3. The van der Waals surface area contributed by atoms with E-state index in [0.29, 0.717) is 21.6 Å². The van der Waals surface area contributed by atoms with Gasteiger partial charge in [0, 0.05) is 5.56 Å².